The molecule has 1 aliphatic rings. The lowest BCUT2D eigenvalue weighted by Gasteiger charge is -2.01. The number of nitrogens with zero attached hydrogens (tertiary/aromatic N) is 2. The molecular formula is C13H15N3S. The van der Waals surface area contributed by atoms with Crippen LogP contribution in [0.15, 0.2) is 29.2 Å². The zero-order valence-electron chi connectivity index (χ0n) is 9.97. The molecule has 1 aliphatic heterocycles. The summed E-state index contributed by atoms with van der Waals surface area (Å²) in [5, 5.41) is 5.10. The highest BCUT2D eigenvalue weighted by Gasteiger charge is 2.19. The lowest BCUT2D eigenvalue weighted by molar-refractivity contribution is 0.782. The predicted molar refractivity (Wildman–Crippen MR) is 72.1 cm³/mol. The van der Waals surface area contributed by atoms with Crippen LogP contribution in [0.1, 0.15) is 12.5 Å². The normalized spacial score (nSPS) is 18.4. The Hall–Kier alpha value is -1.42. The molecule has 0 bridgehead atoms. The average Bonchev–Trinajstić information content (AvgIpc) is 2.80. The second-order valence-electron chi connectivity index (χ2n) is 4.53. The summed E-state index contributed by atoms with van der Waals surface area (Å²) in [5.74, 6) is 0.697. The summed E-state index contributed by atoms with van der Waals surface area (Å²) in [7, 11) is 1.87. The van der Waals surface area contributed by atoms with E-state index in [0.717, 1.165) is 17.7 Å². The van der Waals surface area contributed by atoms with Crippen LogP contribution in [0.25, 0.3) is 11.3 Å². The molecule has 1 aromatic heterocycles. The number of nitrogens with two attached hydrogens (primary N) is 1. The molecule has 3 rings (SSSR count). The Bertz CT molecular complexity index is 555. The second kappa shape index (κ2) is 3.81. The Kier molecular flexibility index (Phi) is 2.40. The first-order chi connectivity index (χ1) is 8.13. The maximum atomic E-state index is 5.81. The molecule has 0 saturated carbocycles. The summed E-state index contributed by atoms with van der Waals surface area (Å²) in [6, 6.07) is 8.50. The van der Waals surface area contributed by atoms with Crippen LogP contribution in [-0.4, -0.2) is 15.0 Å². The number of aryl methyl sites for hydroxylation is 1. The van der Waals surface area contributed by atoms with Gasteiger partial charge < -0.3 is 5.73 Å². The topological polar surface area (TPSA) is 43.8 Å². The van der Waals surface area contributed by atoms with Gasteiger partial charge in [0.25, 0.3) is 0 Å². The molecule has 0 spiro atoms. The van der Waals surface area contributed by atoms with E-state index in [-0.39, 0.29) is 0 Å². The number of thioether (sulfide) groups is 1. The van der Waals surface area contributed by atoms with Crippen molar-refractivity contribution in [2.45, 2.75) is 23.5 Å². The van der Waals surface area contributed by atoms with Crippen LogP contribution >= 0.6 is 11.8 Å². The van der Waals surface area contributed by atoms with Gasteiger partial charge in [-0.3, -0.25) is 4.68 Å². The molecule has 0 amide bonds. The summed E-state index contributed by atoms with van der Waals surface area (Å²) in [4.78, 5) is 1.41. The smallest absolute Gasteiger partial charge is 0.121 e. The summed E-state index contributed by atoms with van der Waals surface area (Å²) >= 11 is 1.95. The highest BCUT2D eigenvalue weighted by atomic mass is 32.2. The summed E-state index contributed by atoms with van der Waals surface area (Å²) in [5.41, 5.74) is 9.36. The van der Waals surface area contributed by atoms with Crippen molar-refractivity contribution in [1.29, 1.82) is 0 Å². The van der Waals surface area contributed by atoms with Gasteiger partial charge >= 0.3 is 0 Å². The van der Waals surface area contributed by atoms with Gasteiger partial charge in [0.05, 0.1) is 5.69 Å². The summed E-state index contributed by atoms with van der Waals surface area (Å²) in [6.07, 6.45) is 1.15. The van der Waals surface area contributed by atoms with Gasteiger partial charge in [-0.15, -0.1) is 11.8 Å². The fourth-order valence-corrected chi connectivity index (χ4v) is 3.34. The van der Waals surface area contributed by atoms with Crippen LogP contribution in [0.2, 0.25) is 0 Å². The largest absolute Gasteiger partial charge is 0.384 e. The van der Waals surface area contributed by atoms with Gasteiger partial charge in [-0.05, 0) is 24.1 Å². The first-order valence-electron chi connectivity index (χ1n) is 5.73. The fraction of sp³-hybridized carbons (Fsp3) is 0.308. The quantitative estimate of drug-likeness (QED) is 0.840. The average molecular weight is 245 g/mol. The molecule has 1 unspecified atom stereocenters. The molecule has 17 heavy (non-hydrogen) atoms. The predicted octanol–water partition coefficient (Wildman–Crippen LogP) is 2.71. The van der Waals surface area contributed by atoms with Gasteiger partial charge in [0.2, 0.25) is 0 Å². The van der Waals surface area contributed by atoms with Crippen LogP contribution in [0.5, 0.6) is 0 Å². The number of hydrogen-bond donors (Lipinski definition) is 1. The highest BCUT2D eigenvalue weighted by molar-refractivity contribution is 8.00. The minimum atomic E-state index is 0.689. The van der Waals surface area contributed by atoms with Gasteiger partial charge in [0.1, 0.15) is 5.82 Å². The Morgan fingerprint density at radius 2 is 2.24 bits per heavy atom. The van der Waals surface area contributed by atoms with E-state index in [0.29, 0.717) is 11.1 Å². The van der Waals surface area contributed by atoms with Gasteiger partial charge in [-0.2, -0.15) is 5.10 Å². The van der Waals surface area contributed by atoms with E-state index in [4.69, 9.17) is 5.73 Å². The van der Waals surface area contributed by atoms with Crippen LogP contribution in [-0.2, 0) is 13.5 Å². The van der Waals surface area contributed by atoms with Gasteiger partial charge in [-0.25, -0.2) is 0 Å². The number of hydrogen-bond acceptors (Lipinski definition) is 3. The molecule has 4 heteroatoms. The minimum Gasteiger partial charge on any atom is -0.384 e. The molecule has 88 valence electrons. The van der Waals surface area contributed by atoms with Crippen LogP contribution < -0.4 is 5.73 Å². The summed E-state index contributed by atoms with van der Waals surface area (Å²) in [6.45, 7) is 2.27. The molecule has 0 fully saturated rings. The lowest BCUT2D eigenvalue weighted by Crippen LogP contribution is -1.96. The van der Waals surface area contributed by atoms with Crippen molar-refractivity contribution in [2.75, 3.05) is 5.73 Å². The van der Waals surface area contributed by atoms with E-state index in [9.17, 15) is 0 Å². The van der Waals surface area contributed by atoms with Crippen molar-refractivity contribution in [1.82, 2.24) is 9.78 Å². The fourth-order valence-electron chi connectivity index (χ4n) is 2.20. The van der Waals surface area contributed by atoms with Crippen molar-refractivity contribution >= 4 is 17.6 Å². The Labute approximate surface area is 105 Å². The minimum absolute atomic E-state index is 0.689. The molecule has 0 radical (unpaired) electrons. The third-order valence-electron chi connectivity index (χ3n) is 3.11. The van der Waals surface area contributed by atoms with E-state index < -0.39 is 0 Å². The van der Waals surface area contributed by atoms with E-state index in [1.165, 1.54) is 10.5 Å². The van der Waals surface area contributed by atoms with Crippen LogP contribution in [0, 0.1) is 0 Å². The number of benzene rings is 1. The number of rotatable bonds is 1. The van der Waals surface area contributed by atoms with Crippen molar-refractivity contribution in [3.05, 3.63) is 29.8 Å². The SMILES string of the molecule is CC1Cc2cc(-c3cc(N)n(C)n3)ccc2S1. The third-order valence-corrected chi connectivity index (χ3v) is 4.33. The van der Waals surface area contributed by atoms with Gasteiger partial charge in [-0.1, -0.05) is 13.0 Å². The van der Waals surface area contributed by atoms with E-state index >= 15 is 0 Å². The number of fused-ring (bicyclic) bond motifs is 1. The van der Waals surface area contributed by atoms with Crippen LogP contribution in [0.4, 0.5) is 5.82 Å². The Morgan fingerprint density at radius 1 is 1.41 bits per heavy atom. The highest BCUT2D eigenvalue weighted by Crippen LogP contribution is 2.38. The second-order valence-corrected chi connectivity index (χ2v) is 6.01. The lowest BCUT2D eigenvalue weighted by atomic mass is 10.1. The maximum Gasteiger partial charge on any atom is 0.121 e. The molecular weight excluding hydrogens is 230 g/mol. The third kappa shape index (κ3) is 1.82. The zero-order chi connectivity index (χ0) is 12.0. The van der Waals surface area contributed by atoms with Crippen LogP contribution in [0.3, 0.4) is 0 Å². The van der Waals surface area contributed by atoms with E-state index in [2.05, 4.69) is 30.2 Å². The maximum absolute atomic E-state index is 5.81. The molecule has 2 N–H and O–H groups in total. The standard InChI is InChI=1S/C13H15N3S/c1-8-5-10-6-9(3-4-12(10)17-8)11-7-13(14)16(2)15-11/h3-4,6-8H,5,14H2,1-2H3. The van der Waals surface area contributed by atoms with Crippen molar-refractivity contribution < 1.29 is 0 Å². The molecule has 0 aliphatic carbocycles. The zero-order valence-corrected chi connectivity index (χ0v) is 10.8. The molecule has 0 saturated heterocycles. The van der Waals surface area contributed by atoms with E-state index in [1.54, 1.807) is 4.68 Å². The van der Waals surface area contributed by atoms with Gasteiger partial charge in [0, 0.05) is 28.8 Å². The Morgan fingerprint density at radius 3 is 2.94 bits per heavy atom. The molecule has 2 aromatic rings. The Balaban J connectivity index is 2.03. The number of anilines is 1. The van der Waals surface area contributed by atoms with Crippen molar-refractivity contribution in [3.63, 3.8) is 0 Å². The van der Waals surface area contributed by atoms with E-state index in [1.807, 2.05) is 24.9 Å². The molecule has 3 nitrogen and oxygen atoms in total. The summed E-state index contributed by atoms with van der Waals surface area (Å²) < 4.78 is 1.71. The number of nitrogen functional groups attached to an aromatic ring is 1. The molecule has 1 atom stereocenters. The molecule has 2 heterocycles. The monoisotopic (exact) mass is 245 g/mol. The first kappa shape index (κ1) is 10.7. The number of aromatic nitrogens is 2. The first-order valence-corrected chi connectivity index (χ1v) is 6.61. The van der Waals surface area contributed by atoms with Gasteiger partial charge in [0.15, 0.2) is 0 Å². The van der Waals surface area contributed by atoms with Crippen molar-refractivity contribution in [3.8, 4) is 11.3 Å². The van der Waals surface area contributed by atoms with Crippen molar-refractivity contribution in [2.24, 2.45) is 7.05 Å². The molecule has 1 aromatic carbocycles.